The second kappa shape index (κ2) is 6.88. The van der Waals surface area contributed by atoms with E-state index in [1.54, 1.807) is 0 Å². The highest BCUT2D eigenvalue weighted by Gasteiger charge is 2.13. The predicted molar refractivity (Wildman–Crippen MR) is 53.0 cm³/mol. The lowest BCUT2D eigenvalue weighted by Gasteiger charge is -2.14. The van der Waals surface area contributed by atoms with Crippen LogP contribution in [-0.4, -0.2) is 30.4 Å². The summed E-state index contributed by atoms with van der Waals surface area (Å²) in [5.74, 6) is 0.0725. The highest BCUT2D eigenvalue weighted by atomic mass is 79.9. The molecule has 0 aromatic carbocycles. The van der Waals surface area contributed by atoms with E-state index in [9.17, 15) is 9.59 Å². The molecule has 0 radical (unpaired) electrons. The summed E-state index contributed by atoms with van der Waals surface area (Å²) in [6, 6.07) is -0.127. The molecular weight excluding hydrogens is 238 g/mol. The fraction of sp³-hybridized carbons (Fsp3) is 0.750. The number of amides is 1. The topological polar surface area (TPSA) is 55.4 Å². The van der Waals surface area contributed by atoms with Crippen LogP contribution in [0.5, 0.6) is 0 Å². The largest absolute Gasteiger partial charge is 0.453 e. The number of ether oxygens (including phenoxy) is 1. The number of alkyl carbamates (subject to hydrolysis) is 1. The molecule has 0 rings (SSSR count). The quantitative estimate of drug-likeness (QED) is 0.754. The van der Waals surface area contributed by atoms with E-state index in [2.05, 4.69) is 26.0 Å². The Balaban J connectivity index is 3.89. The van der Waals surface area contributed by atoms with Crippen molar-refractivity contribution in [2.45, 2.75) is 25.8 Å². The second-order valence-corrected chi connectivity index (χ2v) is 3.18. The first-order valence-corrected chi connectivity index (χ1v) is 5.18. The number of carbonyl (C=O) groups is 2. The van der Waals surface area contributed by atoms with Gasteiger partial charge in [-0.05, 0) is 6.42 Å². The maximum atomic E-state index is 11.0. The molecule has 1 atom stereocenters. The minimum atomic E-state index is -0.491. The molecule has 5 heteroatoms. The number of carbonyl (C=O) groups excluding carboxylic acids is 2. The number of halogens is 1. The number of alkyl halides is 1. The summed E-state index contributed by atoms with van der Waals surface area (Å²) in [7, 11) is 1.30. The van der Waals surface area contributed by atoms with Gasteiger partial charge in [-0.3, -0.25) is 4.79 Å². The zero-order valence-electron chi connectivity index (χ0n) is 7.80. The van der Waals surface area contributed by atoms with E-state index in [1.165, 1.54) is 7.11 Å². The lowest BCUT2D eigenvalue weighted by molar-refractivity contribution is -0.116. The summed E-state index contributed by atoms with van der Waals surface area (Å²) in [5.41, 5.74) is 0. The average Bonchev–Trinajstić information content (AvgIpc) is 2.16. The lowest BCUT2D eigenvalue weighted by atomic mass is 10.1. The zero-order valence-corrected chi connectivity index (χ0v) is 9.39. The Hall–Kier alpha value is -0.580. The van der Waals surface area contributed by atoms with Crippen molar-refractivity contribution in [2.24, 2.45) is 0 Å². The molecule has 0 saturated carbocycles. The first kappa shape index (κ1) is 12.4. The van der Waals surface area contributed by atoms with Crippen molar-refractivity contribution in [3.8, 4) is 0 Å². The number of rotatable bonds is 5. The predicted octanol–water partition coefficient (Wildman–Crippen LogP) is 1.48. The van der Waals surface area contributed by atoms with E-state index < -0.39 is 6.09 Å². The Kier molecular flexibility index (Phi) is 6.58. The van der Waals surface area contributed by atoms with Gasteiger partial charge in [0, 0.05) is 12.5 Å². The molecule has 1 amide bonds. The molecule has 0 aliphatic rings. The van der Waals surface area contributed by atoms with Crippen molar-refractivity contribution < 1.29 is 14.3 Å². The van der Waals surface area contributed by atoms with Gasteiger partial charge in [0.25, 0.3) is 0 Å². The van der Waals surface area contributed by atoms with Gasteiger partial charge in [-0.15, -0.1) is 0 Å². The van der Waals surface area contributed by atoms with Gasteiger partial charge in [0.2, 0.25) is 0 Å². The summed E-state index contributed by atoms with van der Waals surface area (Å²) >= 11 is 3.06. The van der Waals surface area contributed by atoms with Gasteiger partial charge < -0.3 is 10.1 Å². The molecule has 0 heterocycles. The van der Waals surface area contributed by atoms with Crippen LogP contribution in [0.25, 0.3) is 0 Å². The van der Waals surface area contributed by atoms with Crippen molar-refractivity contribution in [2.75, 3.05) is 12.4 Å². The minimum Gasteiger partial charge on any atom is -0.453 e. The first-order chi connectivity index (χ1) is 6.13. The molecule has 0 fully saturated rings. The van der Waals surface area contributed by atoms with Crippen LogP contribution >= 0.6 is 15.9 Å². The van der Waals surface area contributed by atoms with Crippen molar-refractivity contribution in [3.05, 3.63) is 0 Å². The Bertz CT molecular complexity index is 166. The average molecular weight is 252 g/mol. The molecule has 1 unspecified atom stereocenters. The van der Waals surface area contributed by atoms with Gasteiger partial charge in [0.1, 0.15) is 5.78 Å². The maximum Gasteiger partial charge on any atom is 0.407 e. The second-order valence-electron chi connectivity index (χ2n) is 2.62. The highest BCUT2D eigenvalue weighted by Crippen LogP contribution is 2.00. The molecule has 4 nitrogen and oxygen atoms in total. The van der Waals surface area contributed by atoms with Gasteiger partial charge >= 0.3 is 6.09 Å². The summed E-state index contributed by atoms with van der Waals surface area (Å²) < 4.78 is 4.42. The molecule has 0 aliphatic heterocycles. The summed E-state index contributed by atoms with van der Waals surface area (Å²) in [4.78, 5) is 21.8. The lowest BCUT2D eigenvalue weighted by Crippen LogP contribution is -2.36. The van der Waals surface area contributed by atoms with Crippen molar-refractivity contribution >= 4 is 27.8 Å². The summed E-state index contributed by atoms with van der Waals surface area (Å²) in [6.45, 7) is 1.90. The monoisotopic (exact) mass is 251 g/mol. The van der Waals surface area contributed by atoms with Crippen LogP contribution in [0.1, 0.15) is 19.8 Å². The SMILES string of the molecule is CCC(CC(=O)CBr)NC(=O)OC. The van der Waals surface area contributed by atoms with E-state index in [-0.39, 0.29) is 11.8 Å². The normalized spacial score (nSPS) is 11.9. The minimum absolute atomic E-state index is 0.0725. The van der Waals surface area contributed by atoms with E-state index in [1.807, 2.05) is 6.92 Å². The Labute approximate surface area is 86.1 Å². The number of Topliss-reactive ketones (excluding diaryl/α,β-unsaturated/α-hetero) is 1. The van der Waals surface area contributed by atoms with Crippen molar-refractivity contribution in [1.82, 2.24) is 5.32 Å². The Morgan fingerprint density at radius 1 is 1.54 bits per heavy atom. The number of ketones is 1. The molecule has 13 heavy (non-hydrogen) atoms. The third-order valence-electron chi connectivity index (χ3n) is 1.62. The van der Waals surface area contributed by atoms with E-state index in [0.717, 1.165) is 0 Å². The third-order valence-corrected chi connectivity index (χ3v) is 2.25. The molecule has 0 spiro atoms. The number of hydrogen-bond acceptors (Lipinski definition) is 3. The smallest absolute Gasteiger partial charge is 0.407 e. The van der Waals surface area contributed by atoms with Gasteiger partial charge in [-0.1, -0.05) is 22.9 Å². The summed E-state index contributed by atoms with van der Waals surface area (Å²) in [6.07, 6.45) is 0.569. The zero-order chi connectivity index (χ0) is 10.3. The van der Waals surface area contributed by atoms with Crippen molar-refractivity contribution in [1.29, 1.82) is 0 Å². The van der Waals surface area contributed by atoms with E-state index in [0.29, 0.717) is 18.2 Å². The van der Waals surface area contributed by atoms with Crippen LogP contribution in [-0.2, 0) is 9.53 Å². The number of methoxy groups -OCH3 is 1. The Morgan fingerprint density at radius 2 is 2.15 bits per heavy atom. The molecule has 0 aliphatic carbocycles. The Morgan fingerprint density at radius 3 is 2.54 bits per heavy atom. The van der Waals surface area contributed by atoms with Gasteiger partial charge in [-0.2, -0.15) is 0 Å². The molecular formula is C8H14BrNO3. The van der Waals surface area contributed by atoms with Crippen LogP contribution in [0.2, 0.25) is 0 Å². The standard InChI is InChI=1S/C8H14BrNO3/c1-3-6(4-7(11)5-9)10-8(12)13-2/h6H,3-5H2,1-2H3,(H,10,12). The van der Waals surface area contributed by atoms with Crippen LogP contribution in [0, 0.1) is 0 Å². The van der Waals surface area contributed by atoms with Gasteiger partial charge in [0.15, 0.2) is 0 Å². The van der Waals surface area contributed by atoms with Crippen LogP contribution < -0.4 is 5.32 Å². The van der Waals surface area contributed by atoms with E-state index in [4.69, 9.17) is 0 Å². The molecule has 0 saturated heterocycles. The maximum absolute atomic E-state index is 11.0. The number of nitrogens with one attached hydrogen (secondary N) is 1. The molecule has 0 aromatic rings. The fourth-order valence-corrected chi connectivity index (χ4v) is 1.08. The molecule has 0 bridgehead atoms. The number of hydrogen-bond donors (Lipinski definition) is 1. The highest BCUT2D eigenvalue weighted by molar-refractivity contribution is 9.09. The van der Waals surface area contributed by atoms with E-state index >= 15 is 0 Å². The summed E-state index contributed by atoms with van der Waals surface area (Å²) in [5, 5.41) is 2.90. The fourth-order valence-electron chi connectivity index (χ4n) is 0.852. The molecule has 0 aromatic heterocycles. The van der Waals surface area contributed by atoms with Crippen LogP contribution in [0.15, 0.2) is 0 Å². The molecule has 76 valence electrons. The molecule has 1 N–H and O–H groups in total. The van der Waals surface area contributed by atoms with Crippen LogP contribution in [0.3, 0.4) is 0 Å². The van der Waals surface area contributed by atoms with Crippen molar-refractivity contribution in [3.63, 3.8) is 0 Å². The van der Waals surface area contributed by atoms with Crippen LogP contribution in [0.4, 0.5) is 4.79 Å². The van der Waals surface area contributed by atoms with Gasteiger partial charge in [0.05, 0.1) is 12.4 Å². The first-order valence-electron chi connectivity index (χ1n) is 4.06. The third kappa shape index (κ3) is 5.63. The van der Waals surface area contributed by atoms with Gasteiger partial charge in [-0.25, -0.2) is 4.79 Å².